The number of amides is 1. The third-order valence-corrected chi connectivity index (χ3v) is 4.43. The van der Waals surface area contributed by atoms with Crippen LogP contribution in [-0.2, 0) is 0 Å². The first-order valence-electron chi connectivity index (χ1n) is 8.62. The zero-order chi connectivity index (χ0) is 20.2. The van der Waals surface area contributed by atoms with Crippen molar-refractivity contribution in [1.29, 1.82) is 0 Å². The van der Waals surface area contributed by atoms with Crippen molar-refractivity contribution in [3.63, 3.8) is 0 Å². The van der Waals surface area contributed by atoms with Gasteiger partial charge < -0.3 is 10.1 Å². The Kier molecular flexibility index (Phi) is 5.30. The van der Waals surface area contributed by atoms with E-state index in [1.165, 1.54) is 6.20 Å². The Bertz CT molecular complexity index is 1140. The molecule has 0 radical (unpaired) electrons. The maximum Gasteiger partial charge on any atom is 0.257 e. The van der Waals surface area contributed by atoms with Gasteiger partial charge in [-0.15, -0.1) is 10.2 Å². The number of nitrogens with one attached hydrogen (secondary N) is 1. The minimum Gasteiger partial charge on any atom is -0.438 e. The van der Waals surface area contributed by atoms with Gasteiger partial charge in [0.2, 0.25) is 5.88 Å². The number of hydrogen-bond acceptors (Lipinski definition) is 6. The standard InChI is InChI=1S/C20H15BrN6O2/c1-13-23-8-9-27(13)18-6-7-19(26-25-18)29-17-4-2-16(3-5-17)24-20(28)14-10-15(21)12-22-11-14/h2-12H,1H3,(H,24,28). The molecule has 4 rings (SSSR count). The molecule has 0 fully saturated rings. The monoisotopic (exact) mass is 450 g/mol. The summed E-state index contributed by atoms with van der Waals surface area (Å²) in [6.45, 7) is 1.89. The van der Waals surface area contributed by atoms with Crippen LogP contribution in [0.4, 0.5) is 5.69 Å². The van der Waals surface area contributed by atoms with E-state index >= 15 is 0 Å². The lowest BCUT2D eigenvalue weighted by molar-refractivity contribution is 0.102. The number of ether oxygens (including phenoxy) is 1. The molecule has 29 heavy (non-hydrogen) atoms. The molecule has 0 saturated heterocycles. The van der Waals surface area contributed by atoms with E-state index in [1.807, 2.05) is 17.7 Å². The largest absolute Gasteiger partial charge is 0.438 e. The van der Waals surface area contributed by atoms with Crippen LogP contribution in [0.15, 0.2) is 71.7 Å². The SMILES string of the molecule is Cc1nccn1-c1ccc(Oc2ccc(NC(=O)c3cncc(Br)c3)cc2)nn1. The number of carbonyl (C=O) groups is 1. The molecule has 8 nitrogen and oxygen atoms in total. The number of nitrogens with zero attached hydrogens (tertiary/aromatic N) is 5. The maximum atomic E-state index is 12.3. The third-order valence-electron chi connectivity index (χ3n) is 4.00. The summed E-state index contributed by atoms with van der Waals surface area (Å²) in [7, 11) is 0. The average molecular weight is 451 g/mol. The number of aryl methyl sites for hydroxylation is 1. The highest BCUT2D eigenvalue weighted by Gasteiger charge is 2.08. The second-order valence-corrected chi connectivity index (χ2v) is 6.96. The molecule has 144 valence electrons. The Hall–Kier alpha value is -3.59. The van der Waals surface area contributed by atoms with Gasteiger partial charge in [-0.3, -0.25) is 14.3 Å². The molecule has 9 heteroatoms. The first-order chi connectivity index (χ1) is 14.1. The van der Waals surface area contributed by atoms with Gasteiger partial charge in [0.1, 0.15) is 11.6 Å². The van der Waals surface area contributed by atoms with Crippen molar-refractivity contribution in [2.24, 2.45) is 0 Å². The van der Waals surface area contributed by atoms with Gasteiger partial charge in [-0.05, 0) is 59.3 Å². The molecule has 0 aliphatic heterocycles. The average Bonchev–Trinajstić information content (AvgIpc) is 3.16. The lowest BCUT2D eigenvalue weighted by Crippen LogP contribution is -2.12. The zero-order valence-electron chi connectivity index (χ0n) is 15.3. The highest BCUT2D eigenvalue weighted by molar-refractivity contribution is 9.10. The Morgan fingerprint density at radius 1 is 1.10 bits per heavy atom. The number of imidazole rings is 1. The third kappa shape index (κ3) is 4.46. The molecular weight excluding hydrogens is 436 g/mol. The lowest BCUT2D eigenvalue weighted by atomic mass is 10.2. The molecular formula is C20H15BrN6O2. The number of halogens is 1. The summed E-state index contributed by atoms with van der Waals surface area (Å²) >= 11 is 3.30. The lowest BCUT2D eigenvalue weighted by Gasteiger charge is -2.08. The smallest absolute Gasteiger partial charge is 0.257 e. The Balaban J connectivity index is 1.40. The van der Waals surface area contributed by atoms with Gasteiger partial charge in [-0.1, -0.05) is 0 Å². The quantitative estimate of drug-likeness (QED) is 0.490. The van der Waals surface area contributed by atoms with Crippen molar-refractivity contribution in [2.45, 2.75) is 6.92 Å². The number of benzene rings is 1. The second kappa shape index (κ2) is 8.19. The summed E-state index contributed by atoms with van der Waals surface area (Å²) in [4.78, 5) is 20.4. The van der Waals surface area contributed by atoms with Crippen molar-refractivity contribution in [3.05, 3.63) is 83.1 Å². The first-order valence-corrected chi connectivity index (χ1v) is 9.42. The van der Waals surface area contributed by atoms with Crippen LogP contribution in [0.5, 0.6) is 11.6 Å². The Morgan fingerprint density at radius 2 is 1.93 bits per heavy atom. The maximum absolute atomic E-state index is 12.3. The van der Waals surface area contributed by atoms with Crippen LogP contribution in [0.1, 0.15) is 16.2 Å². The summed E-state index contributed by atoms with van der Waals surface area (Å²) in [6.07, 6.45) is 6.64. The van der Waals surface area contributed by atoms with Crippen LogP contribution in [-0.4, -0.2) is 30.6 Å². The predicted octanol–water partition coefficient (Wildman–Crippen LogP) is 4.17. The number of hydrogen-bond donors (Lipinski definition) is 1. The topological polar surface area (TPSA) is 94.8 Å². The fraction of sp³-hybridized carbons (Fsp3) is 0.0500. The molecule has 3 aromatic heterocycles. The van der Waals surface area contributed by atoms with E-state index in [0.717, 1.165) is 10.3 Å². The highest BCUT2D eigenvalue weighted by Crippen LogP contribution is 2.22. The molecule has 1 N–H and O–H groups in total. The van der Waals surface area contributed by atoms with Gasteiger partial charge in [-0.2, -0.15) is 0 Å². The van der Waals surface area contributed by atoms with Crippen LogP contribution in [0.25, 0.3) is 5.82 Å². The van der Waals surface area contributed by atoms with Crippen LogP contribution >= 0.6 is 15.9 Å². The van der Waals surface area contributed by atoms with Crippen molar-refractivity contribution < 1.29 is 9.53 Å². The van der Waals surface area contributed by atoms with E-state index in [9.17, 15) is 4.79 Å². The second-order valence-electron chi connectivity index (χ2n) is 6.05. The van der Waals surface area contributed by atoms with Gasteiger partial charge in [0.05, 0.1) is 5.56 Å². The number of anilines is 1. The van der Waals surface area contributed by atoms with E-state index in [1.54, 1.807) is 54.9 Å². The normalized spacial score (nSPS) is 10.6. The van der Waals surface area contributed by atoms with Gasteiger partial charge in [0, 0.05) is 41.0 Å². The summed E-state index contributed by atoms with van der Waals surface area (Å²) in [5, 5.41) is 11.1. The summed E-state index contributed by atoms with van der Waals surface area (Å²) in [5.74, 6) is 2.18. The van der Waals surface area contributed by atoms with Crippen molar-refractivity contribution in [3.8, 4) is 17.4 Å². The molecule has 0 atom stereocenters. The van der Waals surface area contributed by atoms with E-state index in [4.69, 9.17) is 4.74 Å². The van der Waals surface area contributed by atoms with Crippen molar-refractivity contribution in [2.75, 3.05) is 5.32 Å². The zero-order valence-corrected chi connectivity index (χ0v) is 16.9. The van der Waals surface area contributed by atoms with Crippen molar-refractivity contribution in [1.82, 2.24) is 24.7 Å². The molecule has 0 unspecified atom stereocenters. The fourth-order valence-electron chi connectivity index (χ4n) is 2.58. The Morgan fingerprint density at radius 3 is 2.59 bits per heavy atom. The number of carbonyl (C=O) groups excluding carboxylic acids is 1. The Labute approximate surface area is 174 Å². The number of aromatic nitrogens is 5. The molecule has 0 bridgehead atoms. The molecule has 0 aliphatic rings. The van der Waals surface area contributed by atoms with E-state index in [2.05, 4.69) is 41.4 Å². The molecule has 0 saturated carbocycles. The number of pyridine rings is 1. The first kappa shape index (κ1) is 18.8. The van der Waals surface area contributed by atoms with Gasteiger partial charge in [-0.25, -0.2) is 4.98 Å². The van der Waals surface area contributed by atoms with Gasteiger partial charge in [0.15, 0.2) is 5.82 Å². The van der Waals surface area contributed by atoms with Crippen LogP contribution in [0.2, 0.25) is 0 Å². The van der Waals surface area contributed by atoms with E-state index in [-0.39, 0.29) is 5.91 Å². The number of rotatable bonds is 5. The molecule has 1 aromatic carbocycles. The highest BCUT2D eigenvalue weighted by atomic mass is 79.9. The van der Waals surface area contributed by atoms with Crippen LogP contribution in [0, 0.1) is 6.92 Å². The molecule has 0 spiro atoms. The minimum absolute atomic E-state index is 0.247. The predicted molar refractivity (Wildman–Crippen MR) is 110 cm³/mol. The van der Waals surface area contributed by atoms with Gasteiger partial charge in [0.25, 0.3) is 5.91 Å². The summed E-state index contributed by atoms with van der Waals surface area (Å²) in [6, 6.07) is 12.2. The fourth-order valence-corrected chi connectivity index (χ4v) is 2.95. The van der Waals surface area contributed by atoms with Crippen LogP contribution in [0.3, 0.4) is 0 Å². The molecule has 4 aromatic rings. The molecule has 1 amide bonds. The molecule has 0 aliphatic carbocycles. The summed E-state index contributed by atoms with van der Waals surface area (Å²) in [5.41, 5.74) is 1.10. The van der Waals surface area contributed by atoms with Crippen LogP contribution < -0.4 is 10.1 Å². The van der Waals surface area contributed by atoms with Crippen molar-refractivity contribution >= 4 is 27.5 Å². The minimum atomic E-state index is -0.247. The van der Waals surface area contributed by atoms with Gasteiger partial charge >= 0.3 is 0 Å². The van der Waals surface area contributed by atoms with E-state index < -0.39 is 0 Å². The van der Waals surface area contributed by atoms with E-state index in [0.29, 0.717) is 28.7 Å². The molecule has 3 heterocycles. The summed E-state index contributed by atoms with van der Waals surface area (Å²) < 4.78 is 8.28.